The van der Waals surface area contributed by atoms with Crippen LogP contribution in [0.25, 0.3) is 0 Å². The summed E-state index contributed by atoms with van der Waals surface area (Å²) in [5, 5.41) is 0. The molecule has 0 aliphatic heterocycles. The highest BCUT2D eigenvalue weighted by Gasteiger charge is 2.13. The Kier molecular flexibility index (Phi) is 5.54. The van der Waals surface area contributed by atoms with E-state index in [4.69, 9.17) is 0 Å². The number of amides is 1. The first kappa shape index (κ1) is 10.9. The summed E-state index contributed by atoms with van der Waals surface area (Å²) in [6, 6.07) is 0. The van der Waals surface area contributed by atoms with E-state index in [9.17, 15) is 4.79 Å². The maximum Gasteiger partial charge on any atom is 0.255 e. The zero-order valence-corrected chi connectivity index (χ0v) is 9.14. The van der Waals surface area contributed by atoms with Crippen LogP contribution in [0.2, 0.25) is 0 Å². The monoisotopic (exact) mass is 267 g/mol. The first-order valence-corrected chi connectivity index (χ1v) is 4.84. The van der Waals surface area contributed by atoms with Gasteiger partial charge in [0.25, 0.3) is 5.91 Å². The Bertz CT molecular complexity index is 152. The molecule has 0 rings (SSSR count). The number of halogens is 1. The van der Waals surface area contributed by atoms with Gasteiger partial charge in [0.15, 0.2) is 0 Å². The normalized spacial score (nSPS) is 9.82. The van der Waals surface area contributed by atoms with Gasteiger partial charge in [-0.25, -0.2) is 0 Å². The molecular formula is C8H14INO. The quantitative estimate of drug-likeness (QED) is 0.473. The van der Waals surface area contributed by atoms with Gasteiger partial charge in [0.2, 0.25) is 0 Å². The molecule has 0 saturated carbocycles. The third-order valence-electron chi connectivity index (χ3n) is 1.86. The van der Waals surface area contributed by atoms with E-state index in [2.05, 4.69) is 24.0 Å². The van der Waals surface area contributed by atoms with Gasteiger partial charge in [0, 0.05) is 5.57 Å². The van der Waals surface area contributed by atoms with Gasteiger partial charge in [-0.15, -0.1) is 0 Å². The van der Waals surface area contributed by atoms with E-state index in [0.717, 1.165) is 12.8 Å². The molecule has 0 unspecified atom stereocenters. The van der Waals surface area contributed by atoms with Crippen LogP contribution in [0.3, 0.4) is 0 Å². The second-order valence-electron chi connectivity index (χ2n) is 2.46. The van der Waals surface area contributed by atoms with Crippen molar-refractivity contribution in [2.75, 3.05) is 0 Å². The maximum absolute atomic E-state index is 11.1. The van der Waals surface area contributed by atoms with Gasteiger partial charge in [-0.2, -0.15) is 0 Å². The minimum absolute atomic E-state index is 0.0423. The highest BCUT2D eigenvalue weighted by Crippen LogP contribution is 2.17. The molecule has 0 aliphatic rings. The van der Waals surface area contributed by atoms with Crippen LogP contribution in [0.5, 0.6) is 0 Å². The van der Waals surface area contributed by atoms with Crippen LogP contribution in [0, 0.1) is 5.92 Å². The third-order valence-corrected chi connectivity index (χ3v) is 2.35. The van der Waals surface area contributed by atoms with Gasteiger partial charge in [0.1, 0.15) is 0 Å². The molecule has 11 heavy (non-hydrogen) atoms. The molecule has 0 heterocycles. The van der Waals surface area contributed by atoms with Crippen molar-refractivity contribution in [3.8, 4) is 0 Å². The van der Waals surface area contributed by atoms with Crippen LogP contribution in [-0.4, -0.2) is 5.91 Å². The first-order chi connectivity index (χ1) is 5.17. The molecule has 2 nitrogen and oxygen atoms in total. The summed E-state index contributed by atoms with van der Waals surface area (Å²) in [5.74, 6) is 0.295. The van der Waals surface area contributed by atoms with Crippen molar-refractivity contribution in [1.82, 2.24) is 3.53 Å². The molecule has 0 aromatic carbocycles. The summed E-state index contributed by atoms with van der Waals surface area (Å²) in [7, 11) is 0. The largest absolute Gasteiger partial charge is 0.295 e. The van der Waals surface area contributed by atoms with Gasteiger partial charge in [-0.05, 0) is 18.8 Å². The van der Waals surface area contributed by atoms with Crippen molar-refractivity contribution in [2.45, 2.75) is 26.7 Å². The molecule has 1 N–H and O–H groups in total. The number of carbonyl (C=O) groups is 1. The predicted molar refractivity (Wildman–Crippen MR) is 55.4 cm³/mol. The summed E-state index contributed by atoms with van der Waals surface area (Å²) >= 11 is 1.83. The molecule has 0 aromatic heterocycles. The third kappa shape index (κ3) is 3.22. The molecule has 0 atom stereocenters. The zero-order chi connectivity index (χ0) is 8.85. The van der Waals surface area contributed by atoms with Crippen molar-refractivity contribution in [1.29, 1.82) is 0 Å². The lowest BCUT2D eigenvalue weighted by atomic mass is 9.95. The maximum atomic E-state index is 11.1. The molecule has 0 bridgehead atoms. The van der Waals surface area contributed by atoms with Crippen molar-refractivity contribution >= 4 is 28.8 Å². The molecule has 0 spiro atoms. The smallest absolute Gasteiger partial charge is 0.255 e. The highest BCUT2D eigenvalue weighted by molar-refractivity contribution is 14.1. The van der Waals surface area contributed by atoms with E-state index < -0.39 is 0 Å². The summed E-state index contributed by atoms with van der Waals surface area (Å²) < 4.78 is 2.55. The summed E-state index contributed by atoms with van der Waals surface area (Å²) in [5.41, 5.74) is 0.699. The number of nitrogens with one attached hydrogen (secondary N) is 1. The van der Waals surface area contributed by atoms with Crippen LogP contribution in [0.1, 0.15) is 26.7 Å². The molecule has 0 radical (unpaired) electrons. The van der Waals surface area contributed by atoms with Gasteiger partial charge in [-0.3, -0.25) is 8.32 Å². The number of carbonyl (C=O) groups excluding carboxylic acids is 1. The molecule has 0 aromatic rings. The lowest BCUT2D eigenvalue weighted by Gasteiger charge is -2.12. The Labute approximate surface area is 81.9 Å². The summed E-state index contributed by atoms with van der Waals surface area (Å²) in [6.07, 6.45) is 1.97. The van der Waals surface area contributed by atoms with Crippen LogP contribution < -0.4 is 3.53 Å². The minimum atomic E-state index is -0.0423. The Morgan fingerprint density at radius 2 is 2.00 bits per heavy atom. The summed E-state index contributed by atoms with van der Waals surface area (Å²) in [6.45, 7) is 7.89. The second-order valence-corrected chi connectivity index (χ2v) is 3.00. The van der Waals surface area contributed by atoms with Gasteiger partial charge in [0.05, 0.1) is 22.9 Å². The van der Waals surface area contributed by atoms with Gasteiger partial charge in [-0.1, -0.05) is 20.4 Å². The SMILES string of the molecule is C=C(C(=O)NI)C(CC)CC. The van der Waals surface area contributed by atoms with Crippen LogP contribution in [0.4, 0.5) is 0 Å². The van der Waals surface area contributed by atoms with Crippen molar-refractivity contribution in [2.24, 2.45) is 5.92 Å². The van der Waals surface area contributed by atoms with Gasteiger partial charge >= 0.3 is 0 Å². The Morgan fingerprint density at radius 3 is 2.27 bits per heavy atom. The molecule has 0 aliphatic carbocycles. The molecule has 1 amide bonds. The highest BCUT2D eigenvalue weighted by atomic mass is 127. The second kappa shape index (κ2) is 5.57. The number of rotatable bonds is 4. The molecule has 0 fully saturated rings. The zero-order valence-electron chi connectivity index (χ0n) is 6.98. The van der Waals surface area contributed by atoms with Crippen molar-refractivity contribution < 1.29 is 4.79 Å². The van der Waals surface area contributed by atoms with Crippen molar-refractivity contribution in [3.63, 3.8) is 0 Å². The fourth-order valence-corrected chi connectivity index (χ4v) is 1.37. The first-order valence-electron chi connectivity index (χ1n) is 3.77. The molecule has 3 heteroatoms. The van der Waals surface area contributed by atoms with E-state index in [1.165, 1.54) is 0 Å². The van der Waals surface area contributed by atoms with E-state index in [-0.39, 0.29) is 5.91 Å². The average Bonchev–Trinajstić information content (AvgIpc) is 2.05. The molecular weight excluding hydrogens is 253 g/mol. The standard InChI is InChI=1S/C8H14INO/c1-4-7(5-2)6(3)8(11)10-9/h7H,3-5H2,1-2H3,(H,10,11). The Hall–Kier alpha value is -0.0600. The number of hydrogen-bond acceptors (Lipinski definition) is 1. The Balaban J connectivity index is 4.09. The molecule has 0 saturated heterocycles. The lowest BCUT2D eigenvalue weighted by molar-refractivity contribution is -0.115. The average molecular weight is 267 g/mol. The van der Waals surface area contributed by atoms with E-state index in [0.29, 0.717) is 11.5 Å². The van der Waals surface area contributed by atoms with Crippen LogP contribution >= 0.6 is 22.9 Å². The predicted octanol–water partition coefficient (Wildman–Crippen LogP) is 2.45. The van der Waals surface area contributed by atoms with E-state index in [1.54, 1.807) is 0 Å². The fourth-order valence-electron chi connectivity index (χ4n) is 1.03. The van der Waals surface area contributed by atoms with E-state index >= 15 is 0 Å². The van der Waals surface area contributed by atoms with Crippen LogP contribution in [-0.2, 0) is 4.79 Å². The Morgan fingerprint density at radius 1 is 1.55 bits per heavy atom. The minimum Gasteiger partial charge on any atom is -0.295 e. The fraction of sp³-hybridized carbons (Fsp3) is 0.625. The number of hydrogen-bond donors (Lipinski definition) is 1. The lowest BCUT2D eigenvalue weighted by Crippen LogP contribution is -2.19. The topological polar surface area (TPSA) is 29.1 Å². The summed E-state index contributed by atoms with van der Waals surface area (Å²) in [4.78, 5) is 11.1. The van der Waals surface area contributed by atoms with E-state index in [1.807, 2.05) is 22.9 Å². The van der Waals surface area contributed by atoms with Gasteiger partial charge < -0.3 is 0 Å². The van der Waals surface area contributed by atoms with Crippen molar-refractivity contribution in [3.05, 3.63) is 12.2 Å². The molecule has 64 valence electrons. The van der Waals surface area contributed by atoms with Crippen LogP contribution in [0.15, 0.2) is 12.2 Å².